The number of aromatic amines is 1. The molecule has 1 aromatic heterocycles. The second-order valence-corrected chi connectivity index (χ2v) is 4.56. The normalized spacial score (nSPS) is 10.5. The fourth-order valence-electron chi connectivity index (χ4n) is 1.65. The molecule has 0 amide bonds. The maximum atomic E-state index is 5.75. The third-order valence-corrected chi connectivity index (χ3v) is 3.09. The van der Waals surface area contributed by atoms with Gasteiger partial charge in [0.05, 0.1) is 6.61 Å². The number of nitrogens with one attached hydrogen (secondary N) is 1. The second kappa shape index (κ2) is 5.88. The summed E-state index contributed by atoms with van der Waals surface area (Å²) in [6, 6.07) is 5.85. The summed E-state index contributed by atoms with van der Waals surface area (Å²) in [6.45, 7) is 4.91. The number of hydrogen-bond donors (Lipinski definition) is 1. The molecule has 0 saturated carbocycles. The minimum atomic E-state index is 0.340. The second-order valence-electron chi connectivity index (χ2n) is 4.18. The molecule has 1 aromatic carbocycles. The Labute approximate surface area is 117 Å². The molecule has 0 radical (unpaired) electrons. The van der Waals surface area contributed by atoms with Crippen molar-refractivity contribution in [1.82, 2.24) is 14.8 Å². The number of aromatic nitrogens is 3. The van der Waals surface area contributed by atoms with Crippen molar-refractivity contribution >= 4 is 12.2 Å². The number of hydrogen-bond acceptors (Lipinski definition) is 4. The SMILES string of the molecule is CCOc1cc(C)ccc1OCc1n[nH]c(=S)n1C. The van der Waals surface area contributed by atoms with E-state index in [0.717, 1.165) is 17.1 Å². The monoisotopic (exact) mass is 279 g/mol. The van der Waals surface area contributed by atoms with Crippen molar-refractivity contribution in [3.05, 3.63) is 34.4 Å². The smallest absolute Gasteiger partial charge is 0.194 e. The van der Waals surface area contributed by atoms with Crippen LogP contribution in [0.4, 0.5) is 0 Å². The van der Waals surface area contributed by atoms with E-state index in [4.69, 9.17) is 21.7 Å². The van der Waals surface area contributed by atoms with Crippen molar-refractivity contribution in [2.45, 2.75) is 20.5 Å². The Kier molecular flexibility index (Phi) is 4.21. The quantitative estimate of drug-likeness (QED) is 0.855. The minimum Gasteiger partial charge on any atom is -0.490 e. The Hall–Kier alpha value is -1.82. The fraction of sp³-hybridized carbons (Fsp3) is 0.385. The van der Waals surface area contributed by atoms with Crippen molar-refractivity contribution in [2.24, 2.45) is 7.05 Å². The van der Waals surface area contributed by atoms with E-state index in [2.05, 4.69) is 10.2 Å². The molecule has 0 atom stereocenters. The van der Waals surface area contributed by atoms with Gasteiger partial charge < -0.3 is 14.0 Å². The van der Waals surface area contributed by atoms with Crippen LogP contribution < -0.4 is 9.47 Å². The van der Waals surface area contributed by atoms with Crippen molar-refractivity contribution in [3.63, 3.8) is 0 Å². The Bertz CT molecular complexity index is 619. The molecule has 0 bridgehead atoms. The van der Waals surface area contributed by atoms with E-state index in [-0.39, 0.29) is 0 Å². The Balaban J connectivity index is 2.15. The molecular weight excluding hydrogens is 262 g/mol. The maximum absolute atomic E-state index is 5.75. The average Bonchev–Trinajstić information content (AvgIpc) is 2.70. The number of aryl methyl sites for hydroxylation is 1. The van der Waals surface area contributed by atoms with Crippen LogP contribution in [0.3, 0.4) is 0 Å². The molecule has 1 heterocycles. The number of nitrogens with zero attached hydrogens (tertiary/aromatic N) is 2. The van der Waals surface area contributed by atoms with Crippen LogP contribution in [-0.2, 0) is 13.7 Å². The van der Waals surface area contributed by atoms with Gasteiger partial charge in [-0.15, -0.1) is 0 Å². The van der Waals surface area contributed by atoms with E-state index < -0.39 is 0 Å². The van der Waals surface area contributed by atoms with Gasteiger partial charge in [-0.2, -0.15) is 5.10 Å². The van der Waals surface area contributed by atoms with Crippen molar-refractivity contribution < 1.29 is 9.47 Å². The first-order chi connectivity index (χ1) is 9.11. The Morgan fingerprint density at radius 3 is 2.74 bits per heavy atom. The molecule has 0 fully saturated rings. The standard InChI is InChI=1S/C13H17N3O2S/c1-4-17-11-7-9(2)5-6-10(11)18-8-12-14-15-13(19)16(12)3/h5-7H,4,8H2,1-3H3,(H,15,19). The van der Waals surface area contributed by atoms with E-state index in [9.17, 15) is 0 Å². The Morgan fingerprint density at radius 1 is 1.32 bits per heavy atom. The number of rotatable bonds is 5. The zero-order valence-corrected chi connectivity index (χ0v) is 12.1. The summed E-state index contributed by atoms with van der Waals surface area (Å²) in [5.41, 5.74) is 1.13. The molecule has 102 valence electrons. The van der Waals surface area contributed by atoms with Crippen LogP contribution in [0, 0.1) is 11.7 Å². The number of benzene rings is 1. The highest BCUT2D eigenvalue weighted by Crippen LogP contribution is 2.28. The van der Waals surface area contributed by atoms with Gasteiger partial charge in [0.1, 0.15) is 6.61 Å². The molecular formula is C13H17N3O2S. The van der Waals surface area contributed by atoms with Gasteiger partial charge in [-0.3, -0.25) is 5.10 Å². The zero-order valence-electron chi connectivity index (χ0n) is 11.3. The number of H-pyrrole nitrogens is 1. The van der Waals surface area contributed by atoms with E-state index >= 15 is 0 Å². The van der Waals surface area contributed by atoms with Gasteiger partial charge in [-0.1, -0.05) is 6.07 Å². The summed E-state index contributed by atoms with van der Waals surface area (Å²) in [6.07, 6.45) is 0. The van der Waals surface area contributed by atoms with Gasteiger partial charge in [-0.25, -0.2) is 0 Å². The van der Waals surface area contributed by atoms with E-state index in [1.807, 2.05) is 39.1 Å². The molecule has 5 nitrogen and oxygen atoms in total. The fourth-order valence-corrected chi connectivity index (χ4v) is 1.80. The predicted molar refractivity (Wildman–Crippen MR) is 75.1 cm³/mol. The molecule has 0 aliphatic rings. The van der Waals surface area contributed by atoms with Crippen LogP contribution in [0.2, 0.25) is 0 Å². The van der Waals surface area contributed by atoms with E-state index in [0.29, 0.717) is 23.7 Å². The molecule has 6 heteroatoms. The molecule has 0 saturated heterocycles. The molecule has 0 unspecified atom stereocenters. The maximum Gasteiger partial charge on any atom is 0.194 e. The van der Waals surface area contributed by atoms with Crippen molar-refractivity contribution in [3.8, 4) is 11.5 Å². The Morgan fingerprint density at radius 2 is 2.11 bits per heavy atom. The highest BCUT2D eigenvalue weighted by Gasteiger charge is 2.08. The molecule has 0 aliphatic heterocycles. The first kappa shape index (κ1) is 13.6. The third-order valence-electron chi connectivity index (χ3n) is 2.73. The predicted octanol–water partition coefficient (Wildman–Crippen LogP) is 2.76. The van der Waals surface area contributed by atoms with Gasteiger partial charge >= 0.3 is 0 Å². The summed E-state index contributed by atoms with van der Waals surface area (Å²) in [7, 11) is 1.85. The van der Waals surface area contributed by atoms with Crippen LogP contribution in [0.1, 0.15) is 18.3 Å². The molecule has 0 spiro atoms. The highest BCUT2D eigenvalue weighted by molar-refractivity contribution is 7.71. The first-order valence-electron chi connectivity index (χ1n) is 6.08. The lowest BCUT2D eigenvalue weighted by atomic mass is 10.2. The van der Waals surface area contributed by atoms with Gasteiger partial charge in [-0.05, 0) is 43.8 Å². The summed E-state index contributed by atoms with van der Waals surface area (Å²) in [4.78, 5) is 0. The lowest BCUT2D eigenvalue weighted by molar-refractivity contribution is 0.260. The largest absolute Gasteiger partial charge is 0.490 e. The summed E-state index contributed by atoms with van der Waals surface area (Å²) in [5.74, 6) is 2.20. The van der Waals surface area contributed by atoms with Crippen LogP contribution in [-0.4, -0.2) is 21.4 Å². The molecule has 1 N–H and O–H groups in total. The first-order valence-corrected chi connectivity index (χ1v) is 6.49. The van der Waals surface area contributed by atoms with Crippen LogP contribution in [0.5, 0.6) is 11.5 Å². The van der Waals surface area contributed by atoms with E-state index in [1.54, 1.807) is 4.57 Å². The molecule has 0 aliphatic carbocycles. The average molecular weight is 279 g/mol. The van der Waals surface area contributed by atoms with Gasteiger partial charge in [0.2, 0.25) is 0 Å². The van der Waals surface area contributed by atoms with Crippen LogP contribution in [0.15, 0.2) is 18.2 Å². The van der Waals surface area contributed by atoms with Gasteiger partial charge in [0.15, 0.2) is 22.1 Å². The van der Waals surface area contributed by atoms with Gasteiger partial charge in [0, 0.05) is 7.05 Å². The molecule has 2 aromatic rings. The summed E-state index contributed by atoms with van der Waals surface area (Å²) in [5, 5.41) is 6.83. The summed E-state index contributed by atoms with van der Waals surface area (Å²) >= 11 is 5.05. The van der Waals surface area contributed by atoms with Crippen molar-refractivity contribution in [2.75, 3.05) is 6.61 Å². The van der Waals surface area contributed by atoms with Gasteiger partial charge in [0.25, 0.3) is 0 Å². The van der Waals surface area contributed by atoms with E-state index in [1.165, 1.54) is 0 Å². The molecule has 19 heavy (non-hydrogen) atoms. The number of ether oxygens (including phenoxy) is 2. The van der Waals surface area contributed by atoms with Crippen LogP contribution in [0.25, 0.3) is 0 Å². The lowest BCUT2D eigenvalue weighted by Crippen LogP contribution is -2.05. The zero-order chi connectivity index (χ0) is 13.8. The topological polar surface area (TPSA) is 52.1 Å². The summed E-state index contributed by atoms with van der Waals surface area (Å²) < 4.78 is 13.7. The lowest BCUT2D eigenvalue weighted by Gasteiger charge is -2.12. The highest BCUT2D eigenvalue weighted by atomic mass is 32.1. The molecule has 2 rings (SSSR count). The van der Waals surface area contributed by atoms with Crippen molar-refractivity contribution in [1.29, 1.82) is 0 Å². The minimum absolute atomic E-state index is 0.340. The third kappa shape index (κ3) is 3.14. The van der Waals surface area contributed by atoms with Crippen LogP contribution >= 0.6 is 12.2 Å².